The Morgan fingerprint density at radius 2 is 0.920 bits per heavy atom. The molecular weight excluding hydrogens is 632 g/mol. The molecule has 2 aliphatic rings. The number of carbonyl (C=O) groups is 4. The standard InChI is InChI=1S/2C20H28N2O3/c2*1-5-16-11-7-6-10-14(2)25-18-13-9-8-12-17(18)20(24)22(4)15(3)19(23)21-16/h2*6-9,12-16H,5,10-11H2,1-4H3,(H,21,23)/b7-6+;7-6-/t2*14-,15-,16-/m00/s1. The summed E-state index contributed by atoms with van der Waals surface area (Å²) < 4.78 is 12.0. The van der Waals surface area contributed by atoms with Crippen molar-refractivity contribution in [2.24, 2.45) is 0 Å². The Morgan fingerprint density at radius 3 is 1.28 bits per heavy atom. The number of carbonyl (C=O) groups excluding carboxylic acids is 4. The van der Waals surface area contributed by atoms with Crippen molar-refractivity contribution >= 4 is 23.6 Å². The van der Waals surface area contributed by atoms with Gasteiger partial charge in [0.05, 0.1) is 23.3 Å². The summed E-state index contributed by atoms with van der Waals surface area (Å²) in [5.41, 5.74) is 0.953. The van der Waals surface area contributed by atoms with Crippen LogP contribution in [0.2, 0.25) is 0 Å². The highest BCUT2D eigenvalue weighted by Gasteiger charge is 2.28. The van der Waals surface area contributed by atoms with E-state index in [4.69, 9.17) is 9.47 Å². The molecule has 6 atom stereocenters. The van der Waals surface area contributed by atoms with E-state index in [9.17, 15) is 19.2 Å². The van der Waals surface area contributed by atoms with Gasteiger partial charge in [-0.05, 0) is 77.6 Å². The highest BCUT2D eigenvalue weighted by Crippen LogP contribution is 2.24. The van der Waals surface area contributed by atoms with Crippen LogP contribution in [0.25, 0.3) is 0 Å². The third-order valence-electron chi connectivity index (χ3n) is 9.24. The largest absolute Gasteiger partial charge is 0.490 e. The Balaban J connectivity index is 0.000000270. The van der Waals surface area contributed by atoms with E-state index in [1.807, 2.05) is 39.8 Å². The van der Waals surface area contributed by atoms with Gasteiger partial charge in [0.25, 0.3) is 11.8 Å². The van der Waals surface area contributed by atoms with Crippen LogP contribution in [-0.4, -0.2) is 83.9 Å². The van der Waals surface area contributed by atoms with Crippen LogP contribution in [0.3, 0.4) is 0 Å². The van der Waals surface area contributed by atoms with Gasteiger partial charge in [-0.2, -0.15) is 0 Å². The Kier molecular flexibility index (Phi) is 15.6. The van der Waals surface area contributed by atoms with Crippen LogP contribution in [0.15, 0.2) is 72.8 Å². The van der Waals surface area contributed by atoms with Crippen LogP contribution in [0.4, 0.5) is 0 Å². The summed E-state index contributed by atoms with van der Waals surface area (Å²) in [5.74, 6) is 0.393. The summed E-state index contributed by atoms with van der Waals surface area (Å²) in [5, 5.41) is 6.08. The number of hydrogen-bond acceptors (Lipinski definition) is 6. The average molecular weight is 689 g/mol. The van der Waals surface area contributed by atoms with E-state index >= 15 is 0 Å². The minimum absolute atomic E-state index is 0.0365. The zero-order chi connectivity index (χ0) is 36.8. The zero-order valence-corrected chi connectivity index (χ0v) is 31.0. The lowest BCUT2D eigenvalue weighted by atomic mass is 10.1. The predicted molar refractivity (Wildman–Crippen MR) is 197 cm³/mol. The number of amides is 4. The zero-order valence-electron chi connectivity index (χ0n) is 31.0. The smallest absolute Gasteiger partial charge is 0.258 e. The average Bonchev–Trinajstić information content (AvgIpc) is 3.12. The van der Waals surface area contributed by atoms with Crippen molar-refractivity contribution in [3.05, 3.63) is 84.0 Å². The van der Waals surface area contributed by atoms with Gasteiger partial charge >= 0.3 is 0 Å². The molecular formula is C40H56N4O6. The van der Waals surface area contributed by atoms with E-state index in [0.717, 1.165) is 38.5 Å². The van der Waals surface area contributed by atoms with E-state index in [0.29, 0.717) is 22.6 Å². The summed E-state index contributed by atoms with van der Waals surface area (Å²) in [6.45, 7) is 11.6. The monoisotopic (exact) mass is 688 g/mol. The number of nitrogens with one attached hydrogen (secondary N) is 2. The second-order valence-electron chi connectivity index (χ2n) is 13.1. The molecule has 10 heteroatoms. The molecule has 2 N–H and O–H groups in total. The molecule has 0 aromatic heterocycles. The quantitative estimate of drug-likeness (QED) is 0.357. The lowest BCUT2D eigenvalue weighted by Crippen LogP contribution is -2.48. The van der Waals surface area contributed by atoms with E-state index in [1.165, 1.54) is 9.80 Å². The van der Waals surface area contributed by atoms with Crippen LogP contribution in [0, 0.1) is 0 Å². The van der Waals surface area contributed by atoms with Crippen molar-refractivity contribution in [2.45, 2.75) is 116 Å². The van der Waals surface area contributed by atoms with Gasteiger partial charge in [0.2, 0.25) is 11.8 Å². The van der Waals surface area contributed by atoms with Crippen molar-refractivity contribution in [2.75, 3.05) is 14.1 Å². The number of nitrogens with zero attached hydrogens (tertiary/aromatic N) is 2. The van der Waals surface area contributed by atoms with E-state index in [-0.39, 0.29) is 47.9 Å². The summed E-state index contributed by atoms with van der Waals surface area (Å²) in [6, 6.07) is 13.4. The molecule has 0 saturated heterocycles. The maximum atomic E-state index is 12.9. The van der Waals surface area contributed by atoms with E-state index in [2.05, 4.69) is 34.9 Å². The lowest BCUT2D eigenvalue weighted by molar-refractivity contribution is -0.126. The number of likely N-dealkylation sites (N-methyl/N-ethyl adjacent to an activating group) is 2. The Labute approximate surface area is 298 Å². The van der Waals surface area contributed by atoms with Gasteiger partial charge in [-0.1, -0.05) is 62.4 Å². The normalized spacial score (nSPS) is 26.9. The molecule has 2 aliphatic heterocycles. The van der Waals surface area contributed by atoms with Crippen LogP contribution >= 0.6 is 0 Å². The highest BCUT2D eigenvalue weighted by molar-refractivity contribution is 6.00. The highest BCUT2D eigenvalue weighted by atomic mass is 16.5. The number of rotatable bonds is 2. The number of benzene rings is 2. The van der Waals surface area contributed by atoms with Gasteiger partial charge in [-0.3, -0.25) is 19.2 Å². The summed E-state index contributed by atoms with van der Waals surface area (Å²) in [4.78, 5) is 53.7. The Morgan fingerprint density at radius 1 is 0.580 bits per heavy atom. The second kappa shape index (κ2) is 19.6. The van der Waals surface area contributed by atoms with Gasteiger partial charge in [-0.25, -0.2) is 0 Å². The first-order chi connectivity index (χ1) is 23.9. The van der Waals surface area contributed by atoms with Gasteiger partial charge in [-0.15, -0.1) is 0 Å². The van der Waals surface area contributed by atoms with Crippen molar-refractivity contribution in [3.8, 4) is 11.5 Å². The van der Waals surface area contributed by atoms with Gasteiger partial charge < -0.3 is 29.9 Å². The third-order valence-corrected chi connectivity index (χ3v) is 9.24. The van der Waals surface area contributed by atoms with Gasteiger partial charge in [0.1, 0.15) is 23.6 Å². The van der Waals surface area contributed by atoms with Crippen molar-refractivity contribution in [1.82, 2.24) is 20.4 Å². The first kappa shape index (κ1) is 39.8. The predicted octanol–water partition coefficient (Wildman–Crippen LogP) is 6.32. The van der Waals surface area contributed by atoms with Crippen LogP contribution in [-0.2, 0) is 9.59 Å². The van der Waals surface area contributed by atoms with E-state index < -0.39 is 12.1 Å². The molecule has 0 saturated carbocycles. The van der Waals surface area contributed by atoms with Gasteiger partial charge in [0, 0.05) is 39.0 Å². The summed E-state index contributed by atoms with van der Waals surface area (Å²) in [6.07, 6.45) is 13.0. The lowest BCUT2D eigenvalue weighted by Gasteiger charge is -2.27. The van der Waals surface area contributed by atoms with Crippen LogP contribution in [0.1, 0.15) is 101 Å². The number of hydrogen-bond donors (Lipinski definition) is 2. The molecule has 272 valence electrons. The number of ether oxygens (including phenoxy) is 2. The third kappa shape index (κ3) is 11.2. The molecule has 0 bridgehead atoms. The molecule has 0 aliphatic carbocycles. The first-order valence-electron chi connectivity index (χ1n) is 17.8. The summed E-state index contributed by atoms with van der Waals surface area (Å²) in [7, 11) is 3.30. The summed E-state index contributed by atoms with van der Waals surface area (Å²) >= 11 is 0. The van der Waals surface area contributed by atoms with Crippen molar-refractivity contribution in [3.63, 3.8) is 0 Å². The molecule has 50 heavy (non-hydrogen) atoms. The maximum Gasteiger partial charge on any atom is 0.258 e. The first-order valence-corrected chi connectivity index (χ1v) is 17.8. The van der Waals surface area contributed by atoms with Crippen LogP contribution in [0.5, 0.6) is 11.5 Å². The van der Waals surface area contributed by atoms with Crippen LogP contribution < -0.4 is 20.1 Å². The molecule has 4 amide bonds. The molecule has 0 unspecified atom stereocenters. The van der Waals surface area contributed by atoms with Gasteiger partial charge in [0.15, 0.2) is 0 Å². The van der Waals surface area contributed by atoms with E-state index in [1.54, 1.807) is 64.3 Å². The minimum Gasteiger partial charge on any atom is -0.490 e. The SMILES string of the molecule is CC[C@H]1C/C=C/C[C@H](C)Oc2ccccc2C(=O)N(C)[C@@H](C)C(=O)N1.CC[C@H]1C/C=C\C[C@H](C)Oc2ccccc2C(=O)N(C)[C@@H](C)C(=O)N1. The topological polar surface area (TPSA) is 117 Å². The molecule has 0 fully saturated rings. The fourth-order valence-electron chi connectivity index (χ4n) is 5.50. The fraction of sp³-hybridized carbons (Fsp3) is 0.500. The molecule has 0 spiro atoms. The molecule has 2 heterocycles. The Hall–Kier alpha value is -4.60. The number of fused-ring (bicyclic) bond motifs is 2. The molecule has 2 aromatic rings. The maximum absolute atomic E-state index is 12.9. The number of para-hydroxylation sites is 2. The molecule has 10 nitrogen and oxygen atoms in total. The Bertz CT molecular complexity index is 1390. The van der Waals surface area contributed by atoms with Crippen molar-refractivity contribution in [1.29, 1.82) is 0 Å². The minimum atomic E-state index is -0.557. The van der Waals surface area contributed by atoms with Crippen molar-refractivity contribution < 1.29 is 28.7 Å². The molecule has 2 aromatic carbocycles. The fourth-order valence-corrected chi connectivity index (χ4v) is 5.50. The second-order valence-corrected chi connectivity index (χ2v) is 13.1. The molecule has 0 radical (unpaired) electrons. The molecule has 4 rings (SSSR count).